The Labute approximate surface area is 101 Å². The number of alkyl halides is 7. The number of hydrogen-bond acceptors (Lipinski definition) is 1. The van der Waals surface area contributed by atoms with Gasteiger partial charge in [0, 0.05) is 10.9 Å². The van der Waals surface area contributed by atoms with E-state index in [1.54, 1.807) is 0 Å². The second-order valence-corrected chi connectivity index (χ2v) is 3.56. The van der Waals surface area contributed by atoms with Gasteiger partial charge in [0.25, 0.3) is 0 Å². The molecule has 0 radical (unpaired) electrons. The Hall–Kier alpha value is -0.920. The topological polar surface area (TPSA) is 9.23 Å². The van der Waals surface area contributed by atoms with Crippen LogP contribution >= 0.6 is 15.9 Å². The Morgan fingerprint density at radius 1 is 1.06 bits per heavy atom. The molecule has 0 aromatic heterocycles. The van der Waals surface area contributed by atoms with E-state index in [1.807, 2.05) is 0 Å². The second kappa shape index (κ2) is 4.75. The van der Waals surface area contributed by atoms with Crippen molar-refractivity contribution in [3.05, 3.63) is 29.3 Å². The molecular formula is C9H5BrF6O. The van der Waals surface area contributed by atoms with E-state index in [0.717, 1.165) is 6.07 Å². The van der Waals surface area contributed by atoms with Crippen molar-refractivity contribution >= 4 is 15.9 Å². The highest BCUT2D eigenvalue weighted by Crippen LogP contribution is 2.35. The van der Waals surface area contributed by atoms with Crippen molar-refractivity contribution in [2.24, 2.45) is 0 Å². The fourth-order valence-electron chi connectivity index (χ4n) is 1.06. The largest absolute Gasteiger partial charge is 0.573 e. The van der Waals surface area contributed by atoms with Gasteiger partial charge in [0.1, 0.15) is 5.75 Å². The van der Waals surface area contributed by atoms with Crippen LogP contribution in [0.15, 0.2) is 18.2 Å². The van der Waals surface area contributed by atoms with Gasteiger partial charge in [-0.2, -0.15) is 13.2 Å². The SMILES string of the molecule is FC(F)(F)Oc1cc(C(F)(F)F)ccc1CBr. The monoisotopic (exact) mass is 322 g/mol. The van der Waals surface area contributed by atoms with Gasteiger partial charge in [-0.1, -0.05) is 22.0 Å². The van der Waals surface area contributed by atoms with Crippen LogP contribution in [-0.4, -0.2) is 6.36 Å². The average Bonchev–Trinajstić information content (AvgIpc) is 2.13. The number of ether oxygens (including phenoxy) is 1. The average molecular weight is 323 g/mol. The molecule has 0 saturated carbocycles. The lowest BCUT2D eigenvalue weighted by atomic mass is 10.1. The zero-order valence-corrected chi connectivity index (χ0v) is 9.58. The molecule has 0 N–H and O–H groups in total. The molecule has 1 rings (SSSR count). The van der Waals surface area contributed by atoms with Crippen molar-refractivity contribution < 1.29 is 31.1 Å². The van der Waals surface area contributed by atoms with Gasteiger partial charge in [-0.05, 0) is 12.1 Å². The standard InChI is InChI=1S/C9H5BrF6O/c10-4-5-1-2-6(8(11,12)13)3-7(5)17-9(14,15)16/h1-3H,4H2. The van der Waals surface area contributed by atoms with Crippen LogP contribution in [0.5, 0.6) is 5.75 Å². The minimum absolute atomic E-state index is 0.0182. The lowest BCUT2D eigenvalue weighted by molar-refractivity contribution is -0.275. The minimum Gasteiger partial charge on any atom is -0.405 e. The number of benzene rings is 1. The van der Waals surface area contributed by atoms with Crippen LogP contribution in [0.1, 0.15) is 11.1 Å². The molecule has 0 fully saturated rings. The summed E-state index contributed by atoms with van der Waals surface area (Å²) in [5.41, 5.74) is -1.21. The first-order valence-corrected chi connectivity index (χ1v) is 5.27. The van der Waals surface area contributed by atoms with Gasteiger partial charge in [0.05, 0.1) is 5.56 Å². The van der Waals surface area contributed by atoms with E-state index >= 15 is 0 Å². The lowest BCUT2D eigenvalue weighted by Crippen LogP contribution is -2.18. The molecule has 0 spiro atoms. The van der Waals surface area contributed by atoms with Gasteiger partial charge >= 0.3 is 12.5 Å². The fraction of sp³-hybridized carbons (Fsp3) is 0.333. The van der Waals surface area contributed by atoms with Crippen molar-refractivity contribution in [1.82, 2.24) is 0 Å². The smallest absolute Gasteiger partial charge is 0.405 e. The number of halogens is 7. The molecule has 0 amide bonds. The van der Waals surface area contributed by atoms with Gasteiger partial charge in [-0.15, -0.1) is 13.2 Å². The van der Waals surface area contributed by atoms with Crippen molar-refractivity contribution in [1.29, 1.82) is 0 Å². The van der Waals surface area contributed by atoms with Crippen LogP contribution in [0, 0.1) is 0 Å². The van der Waals surface area contributed by atoms with Crippen molar-refractivity contribution in [3.8, 4) is 5.75 Å². The molecule has 0 bridgehead atoms. The third-order valence-electron chi connectivity index (χ3n) is 1.76. The normalized spacial score (nSPS) is 12.6. The Bertz CT molecular complexity index is 397. The quantitative estimate of drug-likeness (QED) is 0.575. The van der Waals surface area contributed by atoms with Gasteiger partial charge < -0.3 is 4.74 Å². The highest BCUT2D eigenvalue weighted by Gasteiger charge is 2.35. The molecule has 1 aromatic rings. The van der Waals surface area contributed by atoms with Crippen LogP contribution in [0.3, 0.4) is 0 Å². The summed E-state index contributed by atoms with van der Waals surface area (Å²) < 4.78 is 76.3. The third kappa shape index (κ3) is 4.10. The predicted molar refractivity (Wildman–Crippen MR) is 50.8 cm³/mol. The predicted octanol–water partition coefficient (Wildman–Crippen LogP) is 4.50. The summed E-state index contributed by atoms with van der Waals surface area (Å²) in [5, 5.41) is -0.0451. The molecule has 0 unspecified atom stereocenters. The van der Waals surface area contributed by atoms with Crippen LogP contribution in [-0.2, 0) is 11.5 Å². The van der Waals surface area contributed by atoms with E-state index in [-0.39, 0.29) is 10.9 Å². The van der Waals surface area contributed by atoms with E-state index in [2.05, 4.69) is 20.7 Å². The first-order valence-electron chi connectivity index (χ1n) is 4.15. The minimum atomic E-state index is -5.03. The first-order chi connectivity index (χ1) is 7.63. The molecule has 0 aliphatic carbocycles. The summed E-state index contributed by atoms with van der Waals surface area (Å²) in [6.07, 6.45) is -9.74. The Morgan fingerprint density at radius 3 is 2.06 bits per heavy atom. The third-order valence-corrected chi connectivity index (χ3v) is 2.37. The van der Waals surface area contributed by atoms with Crippen LogP contribution in [0.25, 0.3) is 0 Å². The summed E-state index contributed by atoms with van der Waals surface area (Å²) in [4.78, 5) is 0. The fourth-order valence-corrected chi connectivity index (χ4v) is 1.52. The van der Waals surface area contributed by atoms with Crippen molar-refractivity contribution in [2.75, 3.05) is 0 Å². The molecule has 0 saturated heterocycles. The molecule has 1 nitrogen and oxygen atoms in total. The highest BCUT2D eigenvalue weighted by molar-refractivity contribution is 9.08. The van der Waals surface area contributed by atoms with Crippen molar-refractivity contribution in [3.63, 3.8) is 0 Å². The van der Waals surface area contributed by atoms with Crippen LogP contribution in [0.2, 0.25) is 0 Å². The van der Waals surface area contributed by atoms with E-state index in [0.29, 0.717) is 12.1 Å². The Morgan fingerprint density at radius 2 is 1.65 bits per heavy atom. The summed E-state index contributed by atoms with van der Waals surface area (Å²) in [7, 11) is 0. The van der Waals surface area contributed by atoms with Gasteiger partial charge in [0.2, 0.25) is 0 Å². The number of rotatable bonds is 2. The van der Waals surface area contributed by atoms with Gasteiger partial charge in [0.15, 0.2) is 0 Å². The highest BCUT2D eigenvalue weighted by atomic mass is 79.9. The summed E-state index contributed by atoms with van der Waals surface area (Å²) >= 11 is 2.86. The van der Waals surface area contributed by atoms with Crippen LogP contribution < -0.4 is 4.74 Å². The molecule has 1 aromatic carbocycles. The van der Waals surface area contributed by atoms with Crippen molar-refractivity contribution in [2.45, 2.75) is 17.9 Å². The summed E-state index contributed by atoms with van der Waals surface area (Å²) in [6, 6.07) is 1.95. The maximum atomic E-state index is 12.3. The zero-order chi connectivity index (χ0) is 13.3. The zero-order valence-electron chi connectivity index (χ0n) is 7.99. The molecule has 8 heteroatoms. The van der Waals surface area contributed by atoms with E-state index in [4.69, 9.17) is 0 Å². The maximum Gasteiger partial charge on any atom is 0.573 e. The summed E-state index contributed by atoms with van der Waals surface area (Å²) in [6.45, 7) is 0. The maximum absolute atomic E-state index is 12.3. The molecule has 96 valence electrons. The Balaban J connectivity index is 3.16. The van der Waals surface area contributed by atoms with Crippen LogP contribution in [0.4, 0.5) is 26.3 Å². The van der Waals surface area contributed by atoms with E-state index < -0.39 is 23.9 Å². The van der Waals surface area contributed by atoms with Gasteiger partial charge in [-0.3, -0.25) is 0 Å². The van der Waals surface area contributed by atoms with E-state index in [9.17, 15) is 26.3 Å². The summed E-state index contributed by atoms with van der Waals surface area (Å²) in [5.74, 6) is -0.857. The molecular weight excluding hydrogens is 318 g/mol. The lowest BCUT2D eigenvalue weighted by Gasteiger charge is -2.14. The van der Waals surface area contributed by atoms with E-state index in [1.165, 1.54) is 0 Å². The Kier molecular flexibility index (Phi) is 3.95. The molecule has 0 atom stereocenters. The molecule has 0 aliphatic heterocycles. The van der Waals surface area contributed by atoms with Gasteiger partial charge in [-0.25, -0.2) is 0 Å². The second-order valence-electron chi connectivity index (χ2n) is 3.00. The molecule has 0 aliphatic rings. The molecule has 17 heavy (non-hydrogen) atoms. The first kappa shape index (κ1) is 14.1. The molecule has 0 heterocycles. The number of hydrogen-bond donors (Lipinski definition) is 0.